The third kappa shape index (κ3) is 5.16. The Bertz CT molecular complexity index is 728. The van der Waals surface area contributed by atoms with Crippen LogP contribution in [0.5, 0.6) is 5.75 Å². The number of nitrogens with one attached hydrogen (secondary N) is 2. The van der Waals surface area contributed by atoms with Crippen LogP contribution in [0, 0.1) is 0 Å². The van der Waals surface area contributed by atoms with E-state index < -0.39 is 0 Å². The first-order valence-corrected chi connectivity index (χ1v) is 8.87. The van der Waals surface area contributed by atoms with Gasteiger partial charge in [0.1, 0.15) is 11.4 Å². The van der Waals surface area contributed by atoms with Crippen molar-refractivity contribution in [1.29, 1.82) is 0 Å². The smallest absolute Gasteiger partial charge is 0.270 e. The lowest BCUT2D eigenvalue weighted by Crippen LogP contribution is -2.32. The van der Waals surface area contributed by atoms with Gasteiger partial charge in [-0.1, -0.05) is 0 Å². The number of hydrogen-bond donors (Lipinski definition) is 2. The van der Waals surface area contributed by atoms with Crippen molar-refractivity contribution in [2.75, 3.05) is 18.5 Å². The maximum absolute atomic E-state index is 12.3. The van der Waals surface area contributed by atoms with Crippen LogP contribution in [-0.4, -0.2) is 41.2 Å². The molecule has 1 atom stereocenters. The van der Waals surface area contributed by atoms with E-state index >= 15 is 0 Å². The zero-order valence-corrected chi connectivity index (χ0v) is 15.1. The fourth-order valence-corrected chi connectivity index (χ4v) is 2.67. The number of carbonyl (C=O) groups excluding carboxylic acids is 1. The molecule has 1 fully saturated rings. The van der Waals surface area contributed by atoms with Crippen molar-refractivity contribution in [2.45, 2.75) is 38.9 Å². The Morgan fingerprint density at radius 1 is 1.31 bits per heavy atom. The maximum Gasteiger partial charge on any atom is 0.270 e. The van der Waals surface area contributed by atoms with E-state index in [1.807, 2.05) is 38.1 Å². The van der Waals surface area contributed by atoms with Gasteiger partial charge in [-0.15, -0.1) is 0 Å². The van der Waals surface area contributed by atoms with Gasteiger partial charge in [0.05, 0.1) is 12.2 Å². The number of aromatic nitrogens is 2. The Morgan fingerprint density at radius 2 is 2.12 bits per heavy atom. The Morgan fingerprint density at radius 3 is 2.81 bits per heavy atom. The fourth-order valence-electron chi connectivity index (χ4n) is 2.67. The molecule has 0 bridgehead atoms. The Hall–Kier alpha value is -2.67. The first-order valence-electron chi connectivity index (χ1n) is 8.87. The van der Waals surface area contributed by atoms with Gasteiger partial charge in [0, 0.05) is 25.0 Å². The normalized spacial score (nSPS) is 16.5. The molecular formula is C19H24N4O3. The van der Waals surface area contributed by atoms with E-state index in [2.05, 4.69) is 20.6 Å². The molecule has 1 aromatic heterocycles. The van der Waals surface area contributed by atoms with E-state index in [9.17, 15) is 4.79 Å². The van der Waals surface area contributed by atoms with Crippen LogP contribution in [0.4, 0.5) is 11.6 Å². The van der Waals surface area contributed by atoms with Crippen molar-refractivity contribution in [2.24, 2.45) is 0 Å². The first kappa shape index (κ1) is 18.1. The monoisotopic (exact) mass is 356 g/mol. The molecule has 2 N–H and O–H groups in total. The van der Waals surface area contributed by atoms with Gasteiger partial charge in [-0.25, -0.2) is 9.97 Å². The summed E-state index contributed by atoms with van der Waals surface area (Å²) >= 11 is 0. The number of nitrogens with zero attached hydrogens (tertiary/aromatic N) is 2. The van der Waals surface area contributed by atoms with E-state index in [1.165, 1.54) is 0 Å². The van der Waals surface area contributed by atoms with Gasteiger partial charge >= 0.3 is 0 Å². The van der Waals surface area contributed by atoms with Crippen LogP contribution >= 0.6 is 0 Å². The average molecular weight is 356 g/mol. The van der Waals surface area contributed by atoms with Crippen LogP contribution in [-0.2, 0) is 4.74 Å². The van der Waals surface area contributed by atoms with E-state index in [0.717, 1.165) is 30.9 Å². The zero-order valence-electron chi connectivity index (χ0n) is 15.1. The zero-order chi connectivity index (χ0) is 18.4. The van der Waals surface area contributed by atoms with Crippen molar-refractivity contribution in [3.8, 4) is 5.75 Å². The number of carbonyl (C=O) groups is 1. The SMILES string of the molecule is CC(C)Oc1ccc(Nc2nccc(C(=O)NCC3CCCO3)n2)cc1. The second-order valence-electron chi connectivity index (χ2n) is 6.43. The predicted octanol–water partition coefficient (Wildman–Crippen LogP) is 2.92. The lowest BCUT2D eigenvalue weighted by molar-refractivity contribution is 0.0853. The van der Waals surface area contributed by atoms with Gasteiger partial charge in [0.2, 0.25) is 5.95 Å². The first-order chi connectivity index (χ1) is 12.6. The van der Waals surface area contributed by atoms with Crippen molar-refractivity contribution in [3.05, 3.63) is 42.2 Å². The molecule has 7 nitrogen and oxygen atoms in total. The van der Waals surface area contributed by atoms with E-state index in [0.29, 0.717) is 18.2 Å². The number of amides is 1. The summed E-state index contributed by atoms with van der Waals surface area (Å²) in [5, 5.41) is 5.95. The van der Waals surface area contributed by atoms with Gasteiger partial charge in [-0.2, -0.15) is 0 Å². The molecule has 0 aliphatic carbocycles. The highest BCUT2D eigenvalue weighted by atomic mass is 16.5. The van der Waals surface area contributed by atoms with Gasteiger partial charge in [-0.05, 0) is 57.0 Å². The molecule has 7 heteroatoms. The summed E-state index contributed by atoms with van der Waals surface area (Å²) in [4.78, 5) is 20.7. The Balaban J connectivity index is 1.58. The predicted molar refractivity (Wildman–Crippen MR) is 98.8 cm³/mol. The number of ether oxygens (including phenoxy) is 2. The summed E-state index contributed by atoms with van der Waals surface area (Å²) in [6.07, 6.45) is 3.81. The summed E-state index contributed by atoms with van der Waals surface area (Å²) in [5.74, 6) is 0.938. The number of hydrogen-bond acceptors (Lipinski definition) is 6. The molecule has 1 aliphatic heterocycles. The molecule has 0 spiro atoms. The summed E-state index contributed by atoms with van der Waals surface area (Å²) in [7, 11) is 0. The molecule has 0 saturated carbocycles. The van der Waals surface area contributed by atoms with Gasteiger partial charge in [-0.3, -0.25) is 4.79 Å². The molecule has 2 heterocycles. The summed E-state index contributed by atoms with van der Waals surface area (Å²) in [5.41, 5.74) is 1.14. The van der Waals surface area contributed by atoms with E-state index in [4.69, 9.17) is 9.47 Å². The van der Waals surface area contributed by atoms with Crippen molar-refractivity contribution >= 4 is 17.5 Å². The molecule has 1 aromatic carbocycles. The Kier molecular flexibility index (Phi) is 6.01. The van der Waals surface area contributed by atoms with Crippen molar-refractivity contribution in [3.63, 3.8) is 0 Å². The number of anilines is 2. The maximum atomic E-state index is 12.3. The molecule has 26 heavy (non-hydrogen) atoms. The lowest BCUT2D eigenvalue weighted by atomic mass is 10.2. The van der Waals surface area contributed by atoms with Crippen LogP contribution in [0.25, 0.3) is 0 Å². The molecule has 1 aliphatic rings. The van der Waals surface area contributed by atoms with Crippen LogP contribution in [0.1, 0.15) is 37.2 Å². The molecular weight excluding hydrogens is 332 g/mol. The van der Waals surface area contributed by atoms with Gasteiger partial charge in [0.25, 0.3) is 5.91 Å². The summed E-state index contributed by atoms with van der Waals surface area (Å²) in [6.45, 7) is 5.23. The second kappa shape index (κ2) is 8.62. The van der Waals surface area contributed by atoms with Crippen LogP contribution in [0.2, 0.25) is 0 Å². The topological polar surface area (TPSA) is 85.4 Å². The lowest BCUT2D eigenvalue weighted by Gasteiger charge is -2.12. The highest BCUT2D eigenvalue weighted by Gasteiger charge is 2.17. The summed E-state index contributed by atoms with van der Waals surface area (Å²) < 4.78 is 11.1. The number of rotatable bonds is 7. The van der Waals surface area contributed by atoms with Crippen LogP contribution < -0.4 is 15.4 Å². The van der Waals surface area contributed by atoms with Crippen molar-refractivity contribution in [1.82, 2.24) is 15.3 Å². The highest BCUT2D eigenvalue weighted by molar-refractivity contribution is 5.92. The molecule has 3 rings (SSSR count). The average Bonchev–Trinajstić information content (AvgIpc) is 3.15. The fraction of sp³-hybridized carbons (Fsp3) is 0.421. The van der Waals surface area contributed by atoms with E-state index in [-0.39, 0.29) is 18.1 Å². The van der Waals surface area contributed by atoms with Crippen molar-refractivity contribution < 1.29 is 14.3 Å². The van der Waals surface area contributed by atoms with Crippen LogP contribution in [0.15, 0.2) is 36.5 Å². The largest absolute Gasteiger partial charge is 0.491 e. The van der Waals surface area contributed by atoms with Gasteiger partial charge < -0.3 is 20.1 Å². The minimum Gasteiger partial charge on any atom is -0.491 e. The summed E-state index contributed by atoms with van der Waals surface area (Å²) in [6, 6.07) is 9.10. The molecule has 1 saturated heterocycles. The molecule has 2 aromatic rings. The third-order valence-electron chi connectivity index (χ3n) is 3.88. The minimum atomic E-state index is -0.230. The molecule has 0 radical (unpaired) electrons. The quantitative estimate of drug-likeness (QED) is 0.793. The second-order valence-corrected chi connectivity index (χ2v) is 6.43. The van der Waals surface area contributed by atoms with Gasteiger partial charge in [0.15, 0.2) is 0 Å². The van der Waals surface area contributed by atoms with E-state index in [1.54, 1.807) is 12.3 Å². The Labute approximate surface area is 153 Å². The highest BCUT2D eigenvalue weighted by Crippen LogP contribution is 2.19. The van der Waals surface area contributed by atoms with Crippen LogP contribution in [0.3, 0.4) is 0 Å². The number of benzene rings is 1. The molecule has 1 amide bonds. The third-order valence-corrected chi connectivity index (χ3v) is 3.88. The standard InChI is InChI=1S/C19H24N4O3/c1-13(2)26-15-7-5-14(6-8-15)22-19-20-10-9-17(23-19)18(24)21-12-16-4-3-11-25-16/h5-10,13,16H,3-4,11-12H2,1-2H3,(H,21,24)(H,20,22,23). The minimum absolute atomic E-state index is 0.102. The molecule has 1 unspecified atom stereocenters. The molecule has 138 valence electrons.